The molecule has 0 amide bonds. The van der Waals surface area contributed by atoms with Crippen molar-refractivity contribution in [3.8, 4) is 6.07 Å². The highest BCUT2D eigenvalue weighted by molar-refractivity contribution is 7.99. The Kier molecular flexibility index (Phi) is 3.12. The van der Waals surface area contributed by atoms with Gasteiger partial charge in [-0.3, -0.25) is 0 Å². The lowest BCUT2D eigenvalue weighted by atomic mass is 10.2. The molecule has 0 aromatic heterocycles. The summed E-state index contributed by atoms with van der Waals surface area (Å²) in [7, 11) is 0. The van der Waals surface area contributed by atoms with E-state index in [-0.39, 0.29) is 5.56 Å². The van der Waals surface area contributed by atoms with Gasteiger partial charge in [0.15, 0.2) is 0 Å². The van der Waals surface area contributed by atoms with Crippen molar-refractivity contribution in [2.75, 3.05) is 16.8 Å². The molecule has 1 heterocycles. The van der Waals surface area contributed by atoms with Gasteiger partial charge in [0.1, 0.15) is 11.9 Å². The molecule has 15 heavy (non-hydrogen) atoms. The van der Waals surface area contributed by atoms with E-state index in [4.69, 9.17) is 5.26 Å². The minimum Gasteiger partial charge on any atom is -0.381 e. The first-order chi connectivity index (χ1) is 7.29. The maximum absolute atomic E-state index is 13.0. The summed E-state index contributed by atoms with van der Waals surface area (Å²) < 4.78 is 13.0. The average molecular weight is 222 g/mol. The van der Waals surface area contributed by atoms with Gasteiger partial charge >= 0.3 is 0 Å². The molecule has 1 aromatic rings. The number of anilines is 1. The van der Waals surface area contributed by atoms with Crippen molar-refractivity contribution >= 4 is 17.4 Å². The summed E-state index contributed by atoms with van der Waals surface area (Å²) in [6, 6.07) is 6.88. The molecule has 1 N–H and O–H groups in total. The molecule has 1 unspecified atom stereocenters. The number of thioether (sulfide) groups is 1. The molecule has 0 radical (unpaired) electrons. The zero-order chi connectivity index (χ0) is 10.7. The Labute approximate surface area is 92.5 Å². The Bertz CT molecular complexity index is 394. The van der Waals surface area contributed by atoms with Gasteiger partial charge in [0.05, 0.1) is 5.56 Å². The predicted octanol–water partition coefficient (Wildman–Crippen LogP) is 2.61. The number of hydrogen-bond acceptors (Lipinski definition) is 3. The summed E-state index contributed by atoms with van der Waals surface area (Å²) in [5.41, 5.74) is 0.936. The molecule has 1 fully saturated rings. The SMILES string of the molecule is N#Cc1cc(NC2CCSC2)ccc1F. The summed E-state index contributed by atoms with van der Waals surface area (Å²) in [4.78, 5) is 0. The van der Waals surface area contributed by atoms with Gasteiger partial charge in [-0.1, -0.05) is 0 Å². The Morgan fingerprint density at radius 2 is 2.40 bits per heavy atom. The van der Waals surface area contributed by atoms with E-state index in [0.717, 1.165) is 17.9 Å². The van der Waals surface area contributed by atoms with Crippen LogP contribution in [0.1, 0.15) is 12.0 Å². The number of rotatable bonds is 2. The predicted molar refractivity (Wildman–Crippen MR) is 60.5 cm³/mol. The third-order valence-corrected chi connectivity index (χ3v) is 3.55. The van der Waals surface area contributed by atoms with Crippen LogP contribution in [0.15, 0.2) is 18.2 Å². The van der Waals surface area contributed by atoms with Crippen LogP contribution in [-0.2, 0) is 0 Å². The van der Waals surface area contributed by atoms with Gasteiger partial charge in [-0.15, -0.1) is 0 Å². The molecule has 1 saturated heterocycles. The molecule has 0 spiro atoms. The van der Waals surface area contributed by atoms with Gasteiger partial charge < -0.3 is 5.32 Å². The molecular weight excluding hydrogens is 211 g/mol. The third kappa shape index (κ3) is 2.42. The summed E-state index contributed by atoms with van der Waals surface area (Å²) in [6.45, 7) is 0. The first-order valence-electron chi connectivity index (χ1n) is 4.83. The Balaban J connectivity index is 2.11. The minimum absolute atomic E-state index is 0.102. The highest BCUT2D eigenvalue weighted by atomic mass is 32.2. The lowest BCUT2D eigenvalue weighted by Gasteiger charge is -2.12. The molecule has 0 saturated carbocycles. The lowest BCUT2D eigenvalue weighted by Crippen LogP contribution is -2.18. The molecule has 1 atom stereocenters. The van der Waals surface area contributed by atoms with Crippen molar-refractivity contribution in [2.45, 2.75) is 12.5 Å². The zero-order valence-corrected chi connectivity index (χ0v) is 8.98. The van der Waals surface area contributed by atoms with E-state index in [9.17, 15) is 4.39 Å². The van der Waals surface area contributed by atoms with Gasteiger partial charge in [-0.2, -0.15) is 17.0 Å². The van der Waals surface area contributed by atoms with Crippen LogP contribution in [0.2, 0.25) is 0 Å². The van der Waals surface area contributed by atoms with Crippen molar-refractivity contribution < 1.29 is 4.39 Å². The second kappa shape index (κ2) is 4.54. The first-order valence-corrected chi connectivity index (χ1v) is 5.99. The summed E-state index contributed by atoms with van der Waals surface area (Å²) in [6.07, 6.45) is 1.13. The van der Waals surface area contributed by atoms with Gasteiger partial charge in [-0.25, -0.2) is 4.39 Å². The molecule has 2 nitrogen and oxygen atoms in total. The Morgan fingerprint density at radius 1 is 1.53 bits per heavy atom. The number of nitriles is 1. The normalized spacial score (nSPS) is 19.9. The molecule has 78 valence electrons. The van der Waals surface area contributed by atoms with Crippen molar-refractivity contribution in [1.82, 2.24) is 0 Å². The number of nitrogens with one attached hydrogen (secondary N) is 1. The second-order valence-electron chi connectivity index (χ2n) is 3.51. The van der Waals surface area contributed by atoms with Gasteiger partial charge in [0.25, 0.3) is 0 Å². The molecule has 1 aliphatic heterocycles. The van der Waals surface area contributed by atoms with Crippen molar-refractivity contribution in [3.63, 3.8) is 0 Å². The monoisotopic (exact) mass is 222 g/mol. The smallest absolute Gasteiger partial charge is 0.141 e. The van der Waals surface area contributed by atoms with Crippen LogP contribution in [0.3, 0.4) is 0 Å². The largest absolute Gasteiger partial charge is 0.381 e. The second-order valence-corrected chi connectivity index (χ2v) is 4.66. The third-order valence-electron chi connectivity index (χ3n) is 2.39. The molecule has 4 heteroatoms. The van der Waals surface area contributed by atoms with Crippen LogP contribution in [0.25, 0.3) is 0 Å². The van der Waals surface area contributed by atoms with Crippen molar-refractivity contribution in [1.29, 1.82) is 5.26 Å². The number of hydrogen-bond donors (Lipinski definition) is 1. The van der Waals surface area contributed by atoms with Crippen LogP contribution in [-0.4, -0.2) is 17.5 Å². The summed E-state index contributed by atoms with van der Waals surface area (Å²) in [5.74, 6) is 1.80. The highest BCUT2D eigenvalue weighted by Crippen LogP contribution is 2.22. The van der Waals surface area contributed by atoms with E-state index in [0.29, 0.717) is 6.04 Å². The van der Waals surface area contributed by atoms with Crippen LogP contribution in [0.5, 0.6) is 0 Å². The fourth-order valence-electron chi connectivity index (χ4n) is 1.58. The van der Waals surface area contributed by atoms with E-state index >= 15 is 0 Å². The van der Waals surface area contributed by atoms with Crippen molar-refractivity contribution in [3.05, 3.63) is 29.6 Å². The average Bonchev–Trinajstić information content (AvgIpc) is 2.73. The van der Waals surface area contributed by atoms with E-state index in [1.165, 1.54) is 11.8 Å². The molecule has 1 aromatic carbocycles. The Morgan fingerprint density at radius 3 is 3.07 bits per heavy atom. The molecule has 0 aliphatic carbocycles. The van der Waals surface area contributed by atoms with Crippen LogP contribution >= 0.6 is 11.8 Å². The fraction of sp³-hybridized carbons (Fsp3) is 0.364. The van der Waals surface area contributed by atoms with Gasteiger partial charge in [0.2, 0.25) is 0 Å². The zero-order valence-electron chi connectivity index (χ0n) is 8.16. The molecule has 2 rings (SSSR count). The van der Waals surface area contributed by atoms with E-state index < -0.39 is 5.82 Å². The molecular formula is C11H11FN2S. The summed E-state index contributed by atoms with van der Waals surface area (Å²) in [5, 5.41) is 12.0. The van der Waals surface area contributed by atoms with Crippen LogP contribution in [0, 0.1) is 17.1 Å². The number of halogens is 1. The standard InChI is InChI=1S/C11H11FN2S/c12-11-2-1-9(5-8(11)6-13)14-10-3-4-15-7-10/h1-2,5,10,14H,3-4,7H2. The van der Waals surface area contributed by atoms with E-state index in [2.05, 4.69) is 5.32 Å². The van der Waals surface area contributed by atoms with Crippen LogP contribution < -0.4 is 5.32 Å². The number of benzene rings is 1. The van der Waals surface area contributed by atoms with Gasteiger partial charge in [-0.05, 0) is 30.4 Å². The van der Waals surface area contributed by atoms with Crippen molar-refractivity contribution in [2.24, 2.45) is 0 Å². The quantitative estimate of drug-likeness (QED) is 0.835. The Hall–Kier alpha value is -1.21. The first kappa shape index (κ1) is 10.3. The van der Waals surface area contributed by atoms with E-state index in [1.807, 2.05) is 17.8 Å². The maximum Gasteiger partial charge on any atom is 0.141 e. The van der Waals surface area contributed by atoms with E-state index in [1.54, 1.807) is 12.1 Å². The van der Waals surface area contributed by atoms with Gasteiger partial charge in [0, 0.05) is 17.5 Å². The topological polar surface area (TPSA) is 35.8 Å². The highest BCUT2D eigenvalue weighted by Gasteiger charge is 2.15. The lowest BCUT2D eigenvalue weighted by molar-refractivity contribution is 0.624. The fourth-order valence-corrected chi connectivity index (χ4v) is 2.74. The number of nitrogens with zero attached hydrogens (tertiary/aromatic N) is 1. The minimum atomic E-state index is -0.455. The summed E-state index contributed by atoms with van der Waals surface area (Å²) >= 11 is 1.91. The molecule has 0 bridgehead atoms. The maximum atomic E-state index is 13.0. The molecule has 1 aliphatic rings. The van der Waals surface area contributed by atoms with Crippen LogP contribution in [0.4, 0.5) is 10.1 Å².